The van der Waals surface area contributed by atoms with Gasteiger partial charge in [0.05, 0.1) is 5.69 Å². The van der Waals surface area contributed by atoms with Gasteiger partial charge in [-0.2, -0.15) is 5.10 Å². The molecule has 1 aliphatic rings. The van der Waals surface area contributed by atoms with E-state index in [4.69, 9.17) is 16.6 Å². The fourth-order valence-corrected chi connectivity index (χ4v) is 3.44. The smallest absolute Gasteiger partial charge is 0.158 e. The molecule has 3 rings (SSSR count). The Morgan fingerprint density at radius 1 is 1.35 bits per heavy atom. The van der Waals surface area contributed by atoms with Crippen LogP contribution in [0.25, 0.3) is 11.2 Å². The Kier molecular flexibility index (Phi) is 3.73. The number of imidazole rings is 1. The number of rotatable bonds is 4. The Balaban J connectivity index is 2.03. The van der Waals surface area contributed by atoms with Crippen LogP contribution in [0.3, 0.4) is 0 Å². The zero-order chi connectivity index (χ0) is 14.3. The lowest BCUT2D eigenvalue weighted by Gasteiger charge is -2.21. The SMILES string of the molecule is Cc1nn(C)c2c1nc(CCCl)n2CC1CCCN1C. The molecule has 0 bridgehead atoms. The molecular formula is C14H22ClN5. The maximum Gasteiger partial charge on any atom is 0.158 e. The van der Waals surface area contributed by atoms with Crippen molar-refractivity contribution in [1.82, 2.24) is 24.2 Å². The van der Waals surface area contributed by atoms with Crippen LogP contribution in [-0.4, -0.2) is 49.7 Å². The Hall–Kier alpha value is -1.07. The summed E-state index contributed by atoms with van der Waals surface area (Å²) < 4.78 is 4.27. The number of halogens is 1. The van der Waals surface area contributed by atoms with Crippen LogP contribution in [0.4, 0.5) is 0 Å². The predicted octanol–water partition coefficient (Wildman–Crippen LogP) is 1.95. The molecule has 0 aromatic carbocycles. The molecule has 0 spiro atoms. The summed E-state index contributed by atoms with van der Waals surface area (Å²) in [4.78, 5) is 7.21. The highest BCUT2D eigenvalue weighted by Gasteiger charge is 2.25. The molecule has 110 valence electrons. The van der Waals surface area contributed by atoms with Gasteiger partial charge in [-0.1, -0.05) is 0 Å². The quantitative estimate of drug-likeness (QED) is 0.810. The van der Waals surface area contributed by atoms with E-state index in [0.717, 1.165) is 35.6 Å². The van der Waals surface area contributed by atoms with Crippen molar-refractivity contribution in [1.29, 1.82) is 0 Å². The Morgan fingerprint density at radius 3 is 2.80 bits per heavy atom. The number of hydrogen-bond donors (Lipinski definition) is 0. The van der Waals surface area contributed by atoms with Gasteiger partial charge < -0.3 is 9.47 Å². The lowest BCUT2D eigenvalue weighted by Crippen LogP contribution is -2.30. The molecule has 1 unspecified atom stereocenters. The number of aromatic nitrogens is 4. The Morgan fingerprint density at radius 2 is 2.15 bits per heavy atom. The van der Waals surface area contributed by atoms with Crippen molar-refractivity contribution >= 4 is 22.8 Å². The first-order chi connectivity index (χ1) is 9.61. The lowest BCUT2D eigenvalue weighted by atomic mass is 10.2. The van der Waals surface area contributed by atoms with Crippen molar-refractivity contribution in [2.24, 2.45) is 7.05 Å². The molecule has 0 radical (unpaired) electrons. The lowest BCUT2D eigenvalue weighted by molar-refractivity contribution is 0.281. The summed E-state index contributed by atoms with van der Waals surface area (Å²) in [7, 11) is 4.21. The second-order valence-electron chi connectivity index (χ2n) is 5.74. The highest BCUT2D eigenvalue weighted by molar-refractivity contribution is 6.17. The molecule has 6 heteroatoms. The van der Waals surface area contributed by atoms with Crippen LogP contribution >= 0.6 is 11.6 Å². The van der Waals surface area contributed by atoms with E-state index in [1.54, 1.807) is 0 Å². The number of alkyl halides is 1. The molecule has 20 heavy (non-hydrogen) atoms. The van der Waals surface area contributed by atoms with Crippen molar-refractivity contribution in [2.45, 2.75) is 38.8 Å². The Labute approximate surface area is 124 Å². The van der Waals surface area contributed by atoms with Gasteiger partial charge in [0.1, 0.15) is 11.3 Å². The molecule has 3 heterocycles. The molecule has 1 fully saturated rings. The third kappa shape index (κ3) is 2.23. The van der Waals surface area contributed by atoms with E-state index >= 15 is 0 Å². The number of likely N-dealkylation sites (N-methyl/N-ethyl adjacent to an activating group) is 1. The summed E-state index contributed by atoms with van der Waals surface area (Å²) in [6, 6.07) is 0.594. The summed E-state index contributed by atoms with van der Waals surface area (Å²) in [5.41, 5.74) is 3.15. The summed E-state index contributed by atoms with van der Waals surface area (Å²) in [6.07, 6.45) is 3.35. The monoisotopic (exact) mass is 295 g/mol. The maximum absolute atomic E-state index is 5.94. The highest BCUT2D eigenvalue weighted by Crippen LogP contribution is 2.23. The van der Waals surface area contributed by atoms with E-state index in [-0.39, 0.29) is 0 Å². The number of likely N-dealkylation sites (tertiary alicyclic amines) is 1. The van der Waals surface area contributed by atoms with Crippen LogP contribution in [0.15, 0.2) is 0 Å². The zero-order valence-electron chi connectivity index (χ0n) is 12.4. The molecule has 1 saturated heterocycles. The third-order valence-corrected chi connectivity index (χ3v) is 4.54. The van der Waals surface area contributed by atoms with Crippen LogP contribution in [0.2, 0.25) is 0 Å². The minimum Gasteiger partial charge on any atom is -0.311 e. The van der Waals surface area contributed by atoms with Gasteiger partial charge in [-0.25, -0.2) is 4.98 Å². The average molecular weight is 296 g/mol. The molecule has 5 nitrogen and oxygen atoms in total. The fraction of sp³-hybridized carbons (Fsp3) is 0.714. The van der Waals surface area contributed by atoms with Gasteiger partial charge in [-0.05, 0) is 33.4 Å². The van der Waals surface area contributed by atoms with Gasteiger partial charge in [-0.3, -0.25) is 4.68 Å². The molecule has 0 aliphatic carbocycles. The summed E-state index contributed by atoms with van der Waals surface area (Å²) >= 11 is 5.94. The number of fused-ring (bicyclic) bond motifs is 1. The first kappa shape index (κ1) is 13.9. The van der Waals surface area contributed by atoms with Crippen molar-refractivity contribution in [3.8, 4) is 0 Å². The third-order valence-electron chi connectivity index (χ3n) is 4.35. The largest absolute Gasteiger partial charge is 0.311 e. The van der Waals surface area contributed by atoms with E-state index in [1.165, 1.54) is 19.4 Å². The molecule has 1 atom stereocenters. The molecule has 1 aliphatic heterocycles. The first-order valence-electron chi connectivity index (χ1n) is 7.26. The highest BCUT2D eigenvalue weighted by atomic mass is 35.5. The minimum absolute atomic E-state index is 0.594. The Bertz CT molecular complexity index is 615. The average Bonchev–Trinajstić information content (AvgIpc) is 3.03. The minimum atomic E-state index is 0.594. The van der Waals surface area contributed by atoms with E-state index < -0.39 is 0 Å². The van der Waals surface area contributed by atoms with Crippen molar-refractivity contribution in [3.05, 3.63) is 11.5 Å². The van der Waals surface area contributed by atoms with E-state index in [2.05, 4.69) is 21.6 Å². The molecular weight excluding hydrogens is 274 g/mol. The topological polar surface area (TPSA) is 38.9 Å². The summed E-state index contributed by atoms with van der Waals surface area (Å²) in [5.74, 6) is 1.70. The van der Waals surface area contributed by atoms with Gasteiger partial charge in [0.2, 0.25) is 0 Å². The van der Waals surface area contributed by atoms with E-state index in [0.29, 0.717) is 11.9 Å². The van der Waals surface area contributed by atoms with Gasteiger partial charge in [0, 0.05) is 31.9 Å². The van der Waals surface area contributed by atoms with Crippen LogP contribution in [-0.2, 0) is 20.0 Å². The fourth-order valence-electron chi connectivity index (χ4n) is 3.27. The predicted molar refractivity (Wildman–Crippen MR) is 81.3 cm³/mol. The molecule has 2 aromatic rings. The van der Waals surface area contributed by atoms with Crippen molar-refractivity contribution < 1.29 is 0 Å². The van der Waals surface area contributed by atoms with Gasteiger partial charge in [0.25, 0.3) is 0 Å². The van der Waals surface area contributed by atoms with Crippen molar-refractivity contribution in [3.63, 3.8) is 0 Å². The van der Waals surface area contributed by atoms with Crippen LogP contribution in [0.5, 0.6) is 0 Å². The van der Waals surface area contributed by atoms with Gasteiger partial charge in [-0.15, -0.1) is 11.6 Å². The second-order valence-corrected chi connectivity index (χ2v) is 6.11. The van der Waals surface area contributed by atoms with Gasteiger partial charge in [0.15, 0.2) is 5.65 Å². The van der Waals surface area contributed by atoms with E-state index in [9.17, 15) is 0 Å². The molecule has 2 aromatic heterocycles. The first-order valence-corrected chi connectivity index (χ1v) is 7.80. The second kappa shape index (κ2) is 5.37. The molecule has 0 saturated carbocycles. The molecule has 0 amide bonds. The van der Waals surface area contributed by atoms with Crippen LogP contribution < -0.4 is 0 Å². The standard InChI is InChI=1S/C14H22ClN5/c1-10-13-14(19(3)17-10)20(12(16-13)6-7-15)9-11-5-4-8-18(11)2/h11H,4-9H2,1-3H3. The number of hydrogen-bond acceptors (Lipinski definition) is 3. The number of aryl methyl sites for hydroxylation is 3. The van der Waals surface area contributed by atoms with E-state index in [1.807, 2.05) is 18.7 Å². The van der Waals surface area contributed by atoms with Crippen LogP contribution in [0.1, 0.15) is 24.4 Å². The maximum atomic E-state index is 5.94. The summed E-state index contributed by atoms with van der Waals surface area (Å²) in [5, 5.41) is 4.49. The normalized spacial score (nSPS) is 20.3. The molecule has 0 N–H and O–H groups in total. The van der Waals surface area contributed by atoms with Crippen LogP contribution in [0, 0.1) is 6.92 Å². The van der Waals surface area contributed by atoms with Gasteiger partial charge >= 0.3 is 0 Å². The number of nitrogens with zero attached hydrogens (tertiary/aromatic N) is 5. The summed E-state index contributed by atoms with van der Waals surface area (Å²) in [6.45, 7) is 4.20. The zero-order valence-corrected chi connectivity index (χ0v) is 13.2. The van der Waals surface area contributed by atoms with Crippen molar-refractivity contribution in [2.75, 3.05) is 19.5 Å².